The summed E-state index contributed by atoms with van der Waals surface area (Å²) in [7, 11) is 0. The molecule has 196 valence electrons. The Labute approximate surface area is 209 Å². The molecule has 7 nitrogen and oxygen atoms in total. The van der Waals surface area contributed by atoms with Gasteiger partial charge >= 0.3 is 0 Å². The lowest BCUT2D eigenvalue weighted by Crippen LogP contribution is -2.72. The molecule has 1 aromatic heterocycles. The molecule has 7 heteroatoms. The van der Waals surface area contributed by atoms with Crippen LogP contribution in [0.5, 0.6) is 0 Å². The average Bonchev–Trinajstić information content (AvgIpc) is 3.50. The van der Waals surface area contributed by atoms with Gasteiger partial charge in [-0.1, -0.05) is 0 Å². The van der Waals surface area contributed by atoms with Gasteiger partial charge in [0.2, 0.25) is 0 Å². The normalized spacial score (nSPS) is 42.1. The Morgan fingerprint density at radius 3 is 2.31 bits per heavy atom. The second-order valence-corrected chi connectivity index (χ2v) is 11.5. The van der Waals surface area contributed by atoms with E-state index in [0.717, 1.165) is 104 Å². The van der Waals surface area contributed by atoms with Crippen LogP contribution in [0.15, 0.2) is 12.3 Å². The van der Waals surface area contributed by atoms with E-state index in [1.165, 1.54) is 18.5 Å². The Balaban J connectivity index is 1.53. The SMILES string of the molecule is c1cc(C2(C3CCOCC3)CCOC(C3CCCOC3)(C3CCCCO3)C2C2CCCCO2)[nH]n1. The summed E-state index contributed by atoms with van der Waals surface area (Å²) in [6.07, 6.45) is 14.4. The van der Waals surface area contributed by atoms with Crippen molar-refractivity contribution in [2.75, 3.05) is 46.2 Å². The molecule has 5 aliphatic rings. The number of aromatic amines is 1. The van der Waals surface area contributed by atoms with E-state index in [9.17, 15) is 0 Å². The maximum absolute atomic E-state index is 7.20. The Kier molecular flexibility index (Phi) is 7.50. The van der Waals surface area contributed by atoms with E-state index < -0.39 is 5.60 Å². The minimum absolute atomic E-state index is 0.0842. The Morgan fingerprint density at radius 2 is 1.63 bits per heavy atom. The van der Waals surface area contributed by atoms with Crippen molar-refractivity contribution in [2.24, 2.45) is 17.8 Å². The standard InChI is InChI=1S/C28H44N2O5/c1-3-15-33-23(7-1)26-27(24-9-13-29-30-24,21-10-17-31-18-11-21)12-19-35-28(26,22-6-5-14-32-20-22)25-8-2-4-16-34-25/h9,13,21-23,25-26H,1-8,10-12,14-20H2,(H,29,30). The Bertz CT molecular complexity index is 761. The van der Waals surface area contributed by atoms with Crippen LogP contribution in [0.25, 0.3) is 0 Å². The summed E-state index contributed by atoms with van der Waals surface area (Å²) in [5, 5.41) is 7.98. The van der Waals surface area contributed by atoms with Gasteiger partial charge in [-0.3, -0.25) is 5.10 Å². The van der Waals surface area contributed by atoms with Crippen molar-refractivity contribution >= 4 is 0 Å². The molecule has 0 bridgehead atoms. The fourth-order valence-electron chi connectivity index (χ4n) is 8.52. The number of nitrogens with zero attached hydrogens (tertiary/aromatic N) is 1. The number of hydrogen-bond acceptors (Lipinski definition) is 6. The fraction of sp³-hybridized carbons (Fsp3) is 0.893. The van der Waals surface area contributed by atoms with E-state index in [4.69, 9.17) is 23.7 Å². The summed E-state index contributed by atoms with van der Waals surface area (Å²) in [6, 6.07) is 2.24. The van der Waals surface area contributed by atoms with Crippen LogP contribution in [0.4, 0.5) is 0 Å². The van der Waals surface area contributed by atoms with Gasteiger partial charge in [-0.2, -0.15) is 5.10 Å². The topological polar surface area (TPSA) is 74.8 Å². The molecule has 5 saturated heterocycles. The fourth-order valence-corrected chi connectivity index (χ4v) is 8.52. The Morgan fingerprint density at radius 1 is 0.771 bits per heavy atom. The number of H-pyrrole nitrogens is 1. The van der Waals surface area contributed by atoms with Crippen LogP contribution in [0.2, 0.25) is 0 Å². The van der Waals surface area contributed by atoms with E-state index in [-0.39, 0.29) is 23.5 Å². The zero-order chi connectivity index (χ0) is 23.6. The van der Waals surface area contributed by atoms with E-state index >= 15 is 0 Å². The molecule has 6 heterocycles. The molecule has 0 saturated carbocycles. The molecule has 0 radical (unpaired) electrons. The molecule has 6 atom stereocenters. The minimum atomic E-state index is -0.412. The van der Waals surface area contributed by atoms with Gasteiger partial charge in [0.05, 0.1) is 18.8 Å². The molecule has 6 unspecified atom stereocenters. The van der Waals surface area contributed by atoms with Crippen molar-refractivity contribution in [1.82, 2.24) is 10.2 Å². The lowest BCUT2D eigenvalue weighted by molar-refractivity contribution is -0.292. The van der Waals surface area contributed by atoms with E-state index in [1.54, 1.807) is 0 Å². The zero-order valence-corrected chi connectivity index (χ0v) is 21.3. The first-order valence-electron chi connectivity index (χ1n) is 14.4. The van der Waals surface area contributed by atoms with Crippen LogP contribution in [0, 0.1) is 17.8 Å². The van der Waals surface area contributed by atoms with Crippen molar-refractivity contribution in [3.8, 4) is 0 Å². The van der Waals surface area contributed by atoms with Gasteiger partial charge in [0.25, 0.3) is 0 Å². The summed E-state index contributed by atoms with van der Waals surface area (Å²) in [4.78, 5) is 0. The highest BCUT2D eigenvalue weighted by atomic mass is 16.6. The zero-order valence-electron chi connectivity index (χ0n) is 21.3. The molecule has 5 aliphatic heterocycles. The molecule has 35 heavy (non-hydrogen) atoms. The van der Waals surface area contributed by atoms with Crippen LogP contribution in [0.3, 0.4) is 0 Å². The lowest BCUT2D eigenvalue weighted by Gasteiger charge is -2.64. The van der Waals surface area contributed by atoms with E-state index in [1.807, 2.05) is 6.20 Å². The van der Waals surface area contributed by atoms with Crippen LogP contribution >= 0.6 is 0 Å². The first kappa shape index (κ1) is 24.4. The van der Waals surface area contributed by atoms with Crippen LogP contribution < -0.4 is 0 Å². The van der Waals surface area contributed by atoms with Gasteiger partial charge in [-0.05, 0) is 82.6 Å². The second-order valence-electron chi connectivity index (χ2n) is 11.5. The van der Waals surface area contributed by atoms with Gasteiger partial charge < -0.3 is 23.7 Å². The average molecular weight is 489 g/mol. The number of rotatable bonds is 5. The molecule has 5 fully saturated rings. The summed E-state index contributed by atoms with van der Waals surface area (Å²) in [5.74, 6) is 1.02. The van der Waals surface area contributed by atoms with Crippen molar-refractivity contribution in [3.05, 3.63) is 18.0 Å². The van der Waals surface area contributed by atoms with E-state index in [2.05, 4.69) is 16.3 Å². The first-order chi connectivity index (χ1) is 17.4. The maximum Gasteiger partial charge on any atom is 0.105 e. The second kappa shape index (κ2) is 10.8. The van der Waals surface area contributed by atoms with Gasteiger partial charge in [0.15, 0.2) is 0 Å². The highest BCUT2D eigenvalue weighted by Crippen LogP contribution is 2.60. The molecule has 6 rings (SSSR count). The first-order valence-corrected chi connectivity index (χ1v) is 14.4. The predicted molar refractivity (Wildman–Crippen MR) is 131 cm³/mol. The largest absolute Gasteiger partial charge is 0.381 e. The predicted octanol–water partition coefficient (Wildman–Crippen LogP) is 4.41. The number of aromatic nitrogens is 2. The molecule has 0 amide bonds. The number of nitrogens with one attached hydrogen (secondary N) is 1. The van der Waals surface area contributed by atoms with Gasteiger partial charge in [0, 0.05) is 68.8 Å². The van der Waals surface area contributed by atoms with Crippen LogP contribution in [-0.4, -0.2) is 74.3 Å². The van der Waals surface area contributed by atoms with Gasteiger partial charge in [-0.15, -0.1) is 0 Å². The molecule has 0 aromatic carbocycles. The monoisotopic (exact) mass is 488 g/mol. The van der Waals surface area contributed by atoms with Crippen LogP contribution in [-0.2, 0) is 29.1 Å². The molecule has 1 aromatic rings. The summed E-state index contributed by atoms with van der Waals surface area (Å²) < 4.78 is 32.7. The summed E-state index contributed by atoms with van der Waals surface area (Å²) in [6.45, 7) is 5.70. The van der Waals surface area contributed by atoms with Crippen LogP contribution in [0.1, 0.15) is 76.3 Å². The molecule has 0 aliphatic carbocycles. The van der Waals surface area contributed by atoms with Gasteiger partial charge in [0.1, 0.15) is 5.60 Å². The molecule has 0 spiro atoms. The summed E-state index contributed by atoms with van der Waals surface area (Å²) in [5.41, 5.74) is 0.757. The molecular weight excluding hydrogens is 444 g/mol. The number of hydrogen-bond donors (Lipinski definition) is 1. The quantitative estimate of drug-likeness (QED) is 0.662. The maximum atomic E-state index is 7.20. The van der Waals surface area contributed by atoms with Crippen molar-refractivity contribution in [3.63, 3.8) is 0 Å². The third-order valence-electron chi connectivity index (χ3n) is 9.93. The third-order valence-corrected chi connectivity index (χ3v) is 9.93. The molecule has 1 N–H and O–H groups in total. The third kappa shape index (κ3) is 4.29. The molecular formula is C28H44N2O5. The minimum Gasteiger partial charge on any atom is -0.381 e. The lowest BCUT2D eigenvalue weighted by atomic mass is 9.49. The highest BCUT2D eigenvalue weighted by Gasteiger charge is 2.67. The smallest absolute Gasteiger partial charge is 0.105 e. The number of ether oxygens (including phenoxy) is 5. The van der Waals surface area contributed by atoms with E-state index in [0.29, 0.717) is 11.8 Å². The highest BCUT2D eigenvalue weighted by molar-refractivity contribution is 5.27. The van der Waals surface area contributed by atoms with Crippen molar-refractivity contribution in [2.45, 2.75) is 93.9 Å². The summed E-state index contributed by atoms with van der Waals surface area (Å²) >= 11 is 0. The van der Waals surface area contributed by atoms with Gasteiger partial charge in [-0.25, -0.2) is 0 Å². The Hall–Kier alpha value is -0.990. The van der Waals surface area contributed by atoms with Crippen molar-refractivity contribution in [1.29, 1.82) is 0 Å². The van der Waals surface area contributed by atoms with Crippen molar-refractivity contribution < 1.29 is 23.7 Å².